The van der Waals surface area contributed by atoms with Crippen LogP contribution in [0.4, 0.5) is 5.69 Å². The van der Waals surface area contributed by atoms with Gasteiger partial charge in [-0.15, -0.1) is 11.3 Å². The van der Waals surface area contributed by atoms with E-state index >= 15 is 0 Å². The zero-order valence-electron chi connectivity index (χ0n) is 16.2. The molecular weight excluding hydrogens is 356 g/mol. The lowest BCUT2D eigenvalue weighted by atomic mass is 10.1. The molecular formula is C21H26N4OS. The molecule has 1 fully saturated rings. The number of para-hydroxylation sites is 1. The predicted molar refractivity (Wildman–Crippen MR) is 112 cm³/mol. The van der Waals surface area contributed by atoms with Crippen molar-refractivity contribution in [3.8, 4) is 5.75 Å². The Kier molecular flexibility index (Phi) is 5.27. The minimum atomic E-state index is 0.837. The van der Waals surface area contributed by atoms with Crippen LogP contribution >= 0.6 is 11.3 Å². The molecule has 2 aromatic heterocycles. The minimum absolute atomic E-state index is 0.837. The van der Waals surface area contributed by atoms with Crippen molar-refractivity contribution in [1.82, 2.24) is 14.9 Å². The second kappa shape index (κ2) is 7.82. The molecule has 3 aromatic rings. The number of nitrogens with zero attached hydrogens (tertiary/aromatic N) is 4. The summed E-state index contributed by atoms with van der Waals surface area (Å²) in [5.74, 6) is 0.837. The van der Waals surface area contributed by atoms with Crippen LogP contribution in [0.5, 0.6) is 5.75 Å². The van der Waals surface area contributed by atoms with Gasteiger partial charge in [0.1, 0.15) is 11.3 Å². The molecule has 0 spiro atoms. The Hall–Kier alpha value is -2.18. The van der Waals surface area contributed by atoms with Crippen molar-refractivity contribution in [1.29, 1.82) is 0 Å². The average Bonchev–Trinajstić information content (AvgIpc) is 2.94. The molecule has 0 atom stereocenters. The molecule has 0 N–H and O–H groups in total. The SMILES string of the molecule is COc1cccc2c(N3CCCN(Cc4csc(C)n4)CC3)c(C)cnc12. The number of rotatable bonds is 4. The second-order valence-electron chi connectivity index (χ2n) is 7.12. The molecule has 0 radical (unpaired) electrons. The molecule has 5 nitrogen and oxygen atoms in total. The summed E-state index contributed by atoms with van der Waals surface area (Å²) < 4.78 is 5.52. The lowest BCUT2D eigenvalue weighted by molar-refractivity contribution is 0.282. The van der Waals surface area contributed by atoms with Crippen molar-refractivity contribution in [3.05, 3.63) is 46.0 Å². The summed E-state index contributed by atoms with van der Waals surface area (Å²) in [6, 6.07) is 6.20. The van der Waals surface area contributed by atoms with E-state index in [0.29, 0.717) is 0 Å². The third-order valence-corrected chi connectivity index (χ3v) is 6.01. The van der Waals surface area contributed by atoms with Crippen molar-refractivity contribution in [2.45, 2.75) is 26.8 Å². The number of thiazole rings is 1. The summed E-state index contributed by atoms with van der Waals surface area (Å²) in [6.45, 7) is 9.40. The maximum absolute atomic E-state index is 5.52. The fourth-order valence-corrected chi connectivity index (χ4v) is 4.53. The summed E-state index contributed by atoms with van der Waals surface area (Å²) in [5.41, 5.74) is 4.66. The number of methoxy groups -OCH3 is 1. The van der Waals surface area contributed by atoms with Crippen molar-refractivity contribution < 1.29 is 4.74 Å². The summed E-state index contributed by atoms with van der Waals surface area (Å²) >= 11 is 1.74. The van der Waals surface area contributed by atoms with E-state index in [1.54, 1.807) is 18.4 Å². The van der Waals surface area contributed by atoms with Gasteiger partial charge in [-0.25, -0.2) is 4.98 Å². The first-order valence-electron chi connectivity index (χ1n) is 9.46. The van der Waals surface area contributed by atoms with Gasteiger partial charge in [-0.2, -0.15) is 0 Å². The number of benzene rings is 1. The molecule has 1 aliphatic heterocycles. The number of pyridine rings is 1. The van der Waals surface area contributed by atoms with Gasteiger partial charge in [-0.05, 0) is 31.9 Å². The second-order valence-corrected chi connectivity index (χ2v) is 8.18. The highest BCUT2D eigenvalue weighted by Crippen LogP contribution is 2.34. The molecule has 3 heterocycles. The molecule has 0 aliphatic carbocycles. The van der Waals surface area contributed by atoms with Gasteiger partial charge in [0.25, 0.3) is 0 Å². The first-order valence-corrected chi connectivity index (χ1v) is 10.3. The van der Waals surface area contributed by atoms with E-state index in [0.717, 1.165) is 55.4 Å². The first kappa shape index (κ1) is 18.2. The zero-order valence-corrected chi connectivity index (χ0v) is 17.1. The maximum Gasteiger partial charge on any atom is 0.145 e. The highest BCUT2D eigenvalue weighted by molar-refractivity contribution is 7.09. The predicted octanol–water partition coefficient (Wildman–Crippen LogP) is 4.03. The van der Waals surface area contributed by atoms with Crippen molar-refractivity contribution >= 4 is 27.9 Å². The smallest absolute Gasteiger partial charge is 0.145 e. The zero-order chi connectivity index (χ0) is 18.8. The van der Waals surface area contributed by atoms with Crippen LogP contribution in [0.25, 0.3) is 10.9 Å². The average molecular weight is 383 g/mol. The number of fused-ring (bicyclic) bond motifs is 1. The van der Waals surface area contributed by atoms with Crippen LogP contribution in [0.15, 0.2) is 29.8 Å². The molecule has 4 rings (SSSR count). The van der Waals surface area contributed by atoms with E-state index in [1.807, 2.05) is 12.3 Å². The molecule has 1 aromatic carbocycles. The number of aryl methyl sites for hydroxylation is 2. The van der Waals surface area contributed by atoms with E-state index in [9.17, 15) is 0 Å². The topological polar surface area (TPSA) is 41.5 Å². The molecule has 0 amide bonds. The van der Waals surface area contributed by atoms with Crippen LogP contribution in [0, 0.1) is 13.8 Å². The molecule has 0 unspecified atom stereocenters. The molecule has 0 saturated carbocycles. The van der Waals surface area contributed by atoms with E-state index in [4.69, 9.17) is 4.74 Å². The highest BCUT2D eigenvalue weighted by Gasteiger charge is 2.20. The number of aromatic nitrogens is 2. The van der Waals surface area contributed by atoms with Crippen molar-refractivity contribution in [2.75, 3.05) is 38.2 Å². The number of anilines is 1. The van der Waals surface area contributed by atoms with Gasteiger partial charge in [-0.3, -0.25) is 9.88 Å². The maximum atomic E-state index is 5.52. The van der Waals surface area contributed by atoms with Gasteiger partial charge in [0.2, 0.25) is 0 Å². The number of hydrogen-bond donors (Lipinski definition) is 0. The van der Waals surface area contributed by atoms with E-state index in [1.165, 1.54) is 22.3 Å². The van der Waals surface area contributed by atoms with Gasteiger partial charge >= 0.3 is 0 Å². The lowest BCUT2D eigenvalue weighted by Gasteiger charge is -2.26. The van der Waals surface area contributed by atoms with Crippen molar-refractivity contribution in [2.24, 2.45) is 0 Å². The Morgan fingerprint density at radius 3 is 2.81 bits per heavy atom. The first-order chi connectivity index (χ1) is 13.2. The fourth-order valence-electron chi connectivity index (χ4n) is 3.93. The van der Waals surface area contributed by atoms with Crippen LogP contribution in [0.1, 0.15) is 22.7 Å². The minimum Gasteiger partial charge on any atom is -0.494 e. The Labute approximate surface area is 164 Å². The standard InChI is InChI=1S/C21H26N4OS/c1-15-12-22-20-18(6-4-7-19(20)26-3)21(15)25-9-5-8-24(10-11-25)13-17-14-27-16(2)23-17/h4,6-7,12,14H,5,8-11,13H2,1-3H3. The molecule has 0 bridgehead atoms. The summed E-state index contributed by atoms with van der Waals surface area (Å²) in [4.78, 5) is 14.3. The van der Waals surface area contributed by atoms with E-state index < -0.39 is 0 Å². The fraction of sp³-hybridized carbons (Fsp3) is 0.429. The highest BCUT2D eigenvalue weighted by atomic mass is 32.1. The lowest BCUT2D eigenvalue weighted by Crippen LogP contribution is -2.31. The Morgan fingerprint density at radius 2 is 2.04 bits per heavy atom. The van der Waals surface area contributed by atoms with Gasteiger partial charge < -0.3 is 9.64 Å². The molecule has 27 heavy (non-hydrogen) atoms. The van der Waals surface area contributed by atoms with Crippen LogP contribution < -0.4 is 9.64 Å². The molecule has 1 aliphatic rings. The molecule has 142 valence electrons. The Morgan fingerprint density at radius 1 is 1.15 bits per heavy atom. The van der Waals surface area contributed by atoms with Gasteiger partial charge in [-0.1, -0.05) is 12.1 Å². The van der Waals surface area contributed by atoms with Gasteiger partial charge in [0.15, 0.2) is 0 Å². The summed E-state index contributed by atoms with van der Waals surface area (Å²) in [7, 11) is 1.71. The van der Waals surface area contributed by atoms with Gasteiger partial charge in [0.05, 0.1) is 23.5 Å². The molecule has 6 heteroatoms. The van der Waals surface area contributed by atoms with E-state index in [-0.39, 0.29) is 0 Å². The number of hydrogen-bond acceptors (Lipinski definition) is 6. The normalized spacial score (nSPS) is 15.9. The third-order valence-electron chi connectivity index (χ3n) is 5.19. The van der Waals surface area contributed by atoms with E-state index in [2.05, 4.69) is 51.1 Å². The summed E-state index contributed by atoms with van der Waals surface area (Å²) in [6.07, 6.45) is 3.12. The van der Waals surface area contributed by atoms with Crippen LogP contribution in [-0.4, -0.2) is 48.2 Å². The quantitative estimate of drug-likeness (QED) is 0.681. The summed E-state index contributed by atoms with van der Waals surface area (Å²) in [5, 5.41) is 4.51. The van der Waals surface area contributed by atoms with Crippen LogP contribution in [0.2, 0.25) is 0 Å². The van der Waals surface area contributed by atoms with Crippen LogP contribution in [-0.2, 0) is 6.54 Å². The molecule has 1 saturated heterocycles. The van der Waals surface area contributed by atoms with Crippen molar-refractivity contribution in [3.63, 3.8) is 0 Å². The van der Waals surface area contributed by atoms with Gasteiger partial charge in [0, 0.05) is 49.7 Å². The third kappa shape index (κ3) is 3.77. The largest absolute Gasteiger partial charge is 0.494 e. The number of ether oxygens (including phenoxy) is 1. The Balaban J connectivity index is 1.58. The monoisotopic (exact) mass is 382 g/mol. The Bertz CT molecular complexity index is 939. The van der Waals surface area contributed by atoms with Crippen LogP contribution in [0.3, 0.4) is 0 Å².